The van der Waals surface area contributed by atoms with Gasteiger partial charge in [-0.05, 0) is 47.4 Å². The van der Waals surface area contributed by atoms with Crippen molar-refractivity contribution in [2.45, 2.75) is 19.4 Å². The zero-order chi connectivity index (χ0) is 21.7. The highest BCUT2D eigenvalue weighted by Gasteiger charge is 2.46. The molecular weight excluding hydrogens is 404 g/mol. The van der Waals surface area contributed by atoms with Gasteiger partial charge >= 0.3 is 11.9 Å². The van der Waals surface area contributed by atoms with Gasteiger partial charge in [-0.2, -0.15) is 0 Å². The van der Waals surface area contributed by atoms with Gasteiger partial charge in [0.05, 0.1) is 26.7 Å². The van der Waals surface area contributed by atoms with Gasteiger partial charge in [0.1, 0.15) is 6.10 Å². The Morgan fingerprint density at radius 3 is 2.39 bits per heavy atom. The summed E-state index contributed by atoms with van der Waals surface area (Å²) in [5.74, 6) is 0.796. The van der Waals surface area contributed by atoms with E-state index in [9.17, 15) is 9.59 Å². The average Bonchev–Trinajstić information content (AvgIpc) is 3.36. The molecule has 1 aliphatic carbocycles. The topological polar surface area (TPSA) is 89.5 Å². The Bertz CT molecular complexity index is 1080. The van der Waals surface area contributed by atoms with E-state index in [0.29, 0.717) is 29.4 Å². The fourth-order valence-corrected chi connectivity index (χ4v) is 4.67. The minimum absolute atomic E-state index is 0.114. The molecule has 1 fully saturated rings. The summed E-state index contributed by atoms with van der Waals surface area (Å²) in [6.45, 7) is 1.65. The van der Waals surface area contributed by atoms with Gasteiger partial charge in [-0.25, -0.2) is 0 Å². The first-order chi connectivity index (χ1) is 15.0. The second-order valence-corrected chi connectivity index (χ2v) is 7.79. The lowest BCUT2D eigenvalue weighted by Crippen LogP contribution is -2.29. The second-order valence-electron chi connectivity index (χ2n) is 7.79. The Hall–Kier alpha value is -3.42. The van der Waals surface area contributed by atoms with Crippen LogP contribution in [0.3, 0.4) is 0 Å². The van der Waals surface area contributed by atoms with Gasteiger partial charge in [0.25, 0.3) is 0 Å². The van der Waals surface area contributed by atoms with Crippen LogP contribution >= 0.6 is 0 Å². The van der Waals surface area contributed by atoms with Crippen molar-refractivity contribution in [2.24, 2.45) is 11.8 Å². The molecule has 1 saturated heterocycles. The number of methoxy groups -OCH3 is 2. The lowest BCUT2D eigenvalue weighted by atomic mass is 9.76. The summed E-state index contributed by atoms with van der Waals surface area (Å²) in [4.78, 5) is 24.6. The fraction of sp³-hybridized carbons (Fsp3) is 0.391. The van der Waals surface area contributed by atoms with E-state index in [2.05, 4.69) is 0 Å². The molecule has 2 aliphatic heterocycles. The monoisotopic (exact) mass is 426 g/mol. The normalized spacial score (nSPS) is 22.9. The SMILES string of the molecule is COc1cc2c(cc1OC)-c1cc3c(cc1[C@H](OC(C)=O)[C@H]1COC(=O)[C@@H]1C2)OCO3. The summed E-state index contributed by atoms with van der Waals surface area (Å²) in [6, 6.07) is 7.48. The molecule has 2 aromatic carbocycles. The molecule has 3 aliphatic rings. The van der Waals surface area contributed by atoms with Gasteiger partial charge in [-0.15, -0.1) is 0 Å². The number of esters is 2. The minimum Gasteiger partial charge on any atom is -0.493 e. The molecule has 3 atom stereocenters. The lowest BCUT2D eigenvalue weighted by molar-refractivity contribution is -0.150. The molecule has 31 heavy (non-hydrogen) atoms. The van der Waals surface area contributed by atoms with Gasteiger partial charge in [0.15, 0.2) is 23.0 Å². The maximum Gasteiger partial charge on any atom is 0.309 e. The maximum atomic E-state index is 12.6. The first-order valence-electron chi connectivity index (χ1n) is 10.0. The van der Waals surface area contributed by atoms with Crippen molar-refractivity contribution >= 4 is 11.9 Å². The van der Waals surface area contributed by atoms with E-state index < -0.39 is 18.0 Å². The number of carbonyl (C=O) groups excluding carboxylic acids is 2. The third-order valence-corrected chi connectivity index (χ3v) is 6.11. The largest absolute Gasteiger partial charge is 0.493 e. The molecule has 8 nitrogen and oxygen atoms in total. The third-order valence-electron chi connectivity index (χ3n) is 6.11. The molecule has 0 amide bonds. The number of fused-ring (bicyclic) bond motifs is 5. The van der Waals surface area contributed by atoms with Gasteiger partial charge in [0, 0.05) is 18.4 Å². The highest BCUT2D eigenvalue weighted by molar-refractivity contribution is 5.81. The van der Waals surface area contributed by atoms with Crippen LogP contribution in [-0.4, -0.2) is 39.6 Å². The zero-order valence-electron chi connectivity index (χ0n) is 17.4. The van der Waals surface area contributed by atoms with Crippen LogP contribution in [0.25, 0.3) is 11.1 Å². The summed E-state index contributed by atoms with van der Waals surface area (Å²) in [6.07, 6.45) is -0.245. The van der Waals surface area contributed by atoms with Crippen LogP contribution in [0, 0.1) is 11.8 Å². The van der Waals surface area contributed by atoms with Crippen LogP contribution in [0.2, 0.25) is 0 Å². The van der Waals surface area contributed by atoms with Gasteiger partial charge in [-0.3, -0.25) is 9.59 Å². The number of hydrogen-bond acceptors (Lipinski definition) is 8. The van der Waals surface area contributed by atoms with Crippen molar-refractivity contribution in [2.75, 3.05) is 27.6 Å². The van der Waals surface area contributed by atoms with E-state index in [1.54, 1.807) is 14.2 Å². The van der Waals surface area contributed by atoms with E-state index in [4.69, 9.17) is 28.4 Å². The number of ether oxygens (including phenoxy) is 6. The second kappa shape index (κ2) is 7.37. The van der Waals surface area contributed by atoms with E-state index in [-0.39, 0.29) is 25.3 Å². The summed E-state index contributed by atoms with van der Waals surface area (Å²) >= 11 is 0. The van der Waals surface area contributed by atoms with E-state index in [0.717, 1.165) is 22.3 Å². The third kappa shape index (κ3) is 3.13. The molecule has 162 valence electrons. The van der Waals surface area contributed by atoms with Gasteiger partial charge < -0.3 is 28.4 Å². The molecule has 0 saturated carbocycles. The molecule has 5 rings (SSSR count). The van der Waals surface area contributed by atoms with Crippen molar-refractivity contribution in [1.29, 1.82) is 0 Å². The number of cyclic esters (lactones) is 1. The Morgan fingerprint density at radius 2 is 1.68 bits per heavy atom. The lowest BCUT2D eigenvalue weighted by Gasteiger charge is -2.31. The average molecular weight is 426 g/mol. The number of carbonyl (C=O) groups is 2. The summed E-state index contributed by atoms with van der Waals surface area (Å²) in [5.41, 5.74) is 3.32. The summed E-state index contributed by atoms with van der Waals surface area (Å²) in [5, 5.41) is 0. The molecule has 0 N–H and O–H groups in total. The van der Waals surface area contributed by atoms with Crippen molar-refractivity contribution in [1.82, 2.24) is 0 Å². The van der Waals surface area contributed by atoms with Crippen molar-refractivity contribution in [3.8, 4) is 34.1 Å². The zero-order valence-corrected chi connectivity index (χ0v) is 17.4. The number of hydrogen-bond donors (Lipinski definition) is 0. The minimum atomic E-state index is -0.667. The molecule has 2 aromatic rings. The van der Waals surface area contributed by atoms with Crippen LogP contribution in [0.1, 0.15) is 24.2 Å². The van der Waals surface area contributed by atoms with Crippen LogP contribution in [0.4, 0.5) is 0 Å². The van der Waals surface area contributed by atoms with Crippen molar-refractivity contribution < 1.29 is 38.0 Å². The first-order valence-corrected chi connectivity index (χ1v) is 10.0. The molecule has 2 heterocycles. The Kier molecular flexibility index (Phi) is 4.64. The molecular formula is C23H22O8. The van der Waals surface area contributed by atoms with Crippen LogP contribution < -0.4 is 18.9 Å². The number of rotatable bonds is 3. The van der Waals surface area contributed by atoms with Gasteiger partial charge in [-0.1, -0.05) is 0 Å². The molecule has 0 unspecified atom stereocenters. The van der Waals surface area contributed by atoms with Crippen molar-refractivity contribution in [3.05, 3.63) is 35.4 Å². The molecule has 0 radical (unpaired) electrons. The predicted molar refractivity (Wildman–Crippen MR) is 107 cm³/mol. The van der Waals surface area contributed by atoms with E-state index in [1.165, 1.54) is 6.92 Å². The maximum absolute atomic E-state index is 12.6. The molecule has 0 spiro atoms. The predicted octanol–water partition coefficient (Wildman–Crippen LogP) is 3.05. The number of benzene rings is 2. The highest BCUT2D eigenvalue weighted by Crippen LogP contribution is 2.50. The molecule has 8 heteroatoms. The quantitative estimate of drug-likeness (QED) is 0.692. The van der Waals surface area contributed by atoms with Gasteiger partial charge in [0.2, 0.25) is 6.79 Å². The highest BCUT2D eigenvalue weighted by atomic mass is 16.7. The Balaban J connectivity index is 1.79. The Labute approximate surface area is 178 Å². The molecule has 0 bridgehead atoms. The van der Waals surface area contributed by atoms with Crippen molar-refractivity contribution in [3.63, 3.8) is 0 Å². The standard InChI is InChI=1S/C23H22O8/c1-11(24)31-22-15-8-21-20(29-10-30-21)7-14(15)13-6-19(27-3)18(26-2)5-12(13)4-16-17(22)9-28-23(16)25/h5-8,16-17,22H,4,9-10H2,1-3H3/t16-,17+,22+/m1/s1. The summed E-state index contributed by atoms with van der Waals surface area (Å²) in [7, 11) is 3.14. The van der Waals surface area contributed by atoms with E-state index in [1.807, 2.05) is 24.3 Å². The first kappa shape index (κ1) is 19.5. The summed E-state index contributed by atoms with van der Waals surface area (Å²) < 4.78 is 33.4. The van der Waals surface area contributed by atoms with Crippen LogP contribution in [0.5, 0.6) is 23.0 Å². The van der Waals surface area contributed by atoms with Crippen LogP contribution in [0.15, 0.2) is 24.3 Å². The van der Waals surface area contributed by atoms with Crippen LogP contribution in [-0.2, 0) is 25.5 Å². The Morgan fingerprint density at radius 1 is 0.968 bits per heavy atom. The fourth-order valence-electron chi connectivity index (χ4n) is 4.67. The molecule has 0 aromatic heterocycles. The van der Waals surface area contributed by atoms with E-state index >= 15 is 0 Å². The smallest absolute Gasteiger partial charge is 0.309 e.